The number of phenols is 1. The lowest BCUT2D eigenvalue weighted by atomic mass is 9.49. The Labute approximate surface area is 216 Å². The number of fused-ring (bicyclic) bond motifs is 5. The maximum absolute atomic E-state index is 11.5. The van der Waals surface area contributed by atoms with Gasteiger partial charge in [0.2, 0.25) is 0 Å². The van der Waals surface area contributed by atoms with Crippen molar-refractivity contribution in [3.63, 3.8) is 0 Å². The van der Waals surface area contributed by atoms with Crippen LogP contribution in [0, 0.1) is 17.3 Å². The monoisotopic (exact) mass is 489 g/mol. The Balaban J connectivity index is 1.26. The first-order valence-corrected chi connectivity index (χ1v) is 14.3. The van der Waals surface area contributed by atoms with E-state index >= 15 is 0 Å². The molecule has 0 amide bonds. The molecule has 3 aliphatic carbocycles. The molecule has 2 aromatic rings. The van der Waals surface area contributed by atoms with Gasteiger partial charge in [-0.05, 0) is 135 Å². The van der Waals surface area contributed by atoms with Gasteiger partial charge in [0.05, 0.1) is 5.60 Å². The molecule has 1 aliphatic heterocycles. The Kier molecular flexibility index (Phi) is 6.32. The topological polar surface area (TPSA) is 52.9 Å². The SMILES string of the molecule is C[C@]1(O)CC[C@H]2[C@@H]3CCc4cc(O)ccc4[C@H]3[C@@H](c3ccc(OCCN4CCCCC4)cc3)C[C@@]21C. The highest BCUT2D eigenvalue weighted by Gasteiger charge is 2.62. The number of phenolic OH excluding ortho intramolecular Hbond substituents is 1. The van der Waals surface area contributed by atoms with E-state index in [1.54, 1.807) is 0 Å². The van der Waals surface area contributed by atoms with Crippen LogP contribution in [0.25, 0.3) is 0 Å². The van der Waals surface area contributed by atoms with Crippen LogP contribution in [-0.4, -0.2) is 47.0 Å². The van der Waals surface area contributed by atoms with E-state index in [1.807, 2.05) is 12.1 Å². The number of likely N-dealkylation sites (tertiary alicyclic amines) is 1. The third-order valence-corrected chi connectivity index (χ3v) is 10.7. The molecule has 0 unspecified atom stereocenters. The van der Waals surface area contributed by atoms with Crippen LogP contribution in [0.3, 0.4) is 0 Å². The Hall–Kier alpha value is -2.04. The number of aliphatic hydroxyl groups is 1. The number of rotatable bonds is 5. The normalized spacial score (nSPS) is 36.1. The summed E-state index contributed by atoms with van der Waals surface area (Å²) in [6, 6.07) is 14.9. The fraction of sp³-hybridized carbons (Fsp3) is 0.625. The molecule has 0 radical (unpaired) electrons. The Morgan fingerprint density at radius 1 is 1.00 bits per heavy atom. The molecule has 3 fully saturated rings. The summed E-state index contributed by atoms with van der Waals surface area (Å²) >= 11 is 0. The molecule has 0 bridgehead atoms. The molecule has 0 spiro atoms. The minimum atomic E-state index is -0.617. The van der Waals surface area contributed by atoms with Crippen LogP contribution in [0.4, 0.5) is 0 Å². The minimum absolute atomic E-state index is 0.0725. The van der Waals surface area contributed by atoms with Crippen LogP contribution >= 0.6 is 0 Å². The summed E-state index contributed by atoms with van der Waals surface area (Å²) in [7, 11) is 0. The van der Waals surface area contributed by atoms with Crippen molar-refractivity contribution in [2.24, 2.45) is 17.3 Å². The number of hydrogen-bond donors (Lipinski definition) is 2. The van der Waals surface area contributed by atoms with Crippen molar-refractivity contribution in [3.05, 3.63) is 59.2 Å². The summed E-state index contributed by atoms with van der Waals surface area (Å²) in [4.78, 5) is 2.52. The minimum Gasteiger partial charge on any atom is -0.508 e. The van der Waals surface area contributed by atoms with E-state index in [9.17, 15) is 10.2 Å². The summed E-state index contributed by atoms with van der Waals surface area (Å²) in [6.45, 7) is 8.60. The summed E-state index contributed by atoms with van der Waals surface area (Å²) in [6.07, 6.45) is 9.18. The molecule has 4 nitrogen and oxygen atoms in total. The van der Waals surface area contributed by atoms with Gasteiger partial charge in [0, 0.05) is 6.54 Å². The molecular formula is C32H43NO3. The Morgan fingerprint density at radius 2 is 1.78 bits per heavy atom. The molecule has 194 valence electrons. The van der Waals surface area contributed by atoms with Crippen LogP contribution in [0.2, 0.25) is 0 Å². The Bertz CT molecular complexity index is 1070. The summed E-state index contributed by atoms with van der Waals surface area (Å²) in [5.74, 6) is 3.24. The van der Waals surface area contributed by atoms with E-state index in [1.165, 1.54) is 49.0 Å². The van der Waals surface area contributed by atoms with Crippen molar-refractivity contribution in [3.8, 4) is 11.5 Å². The first kappa shape index (κ1) is 24.3. The van der Waals surface area contributed by atoms with Crippen molar-refractivity contribution in [1.82, 2.24) is 4.90 Å². The van der Waals surface area contributed by atoms with Gasteiger partial charge in [-0.15, -0.1) is 0 Å². The van der Waals surface area contributed by atoms with E-state index in [-0.39, 0.29) is 5.41 Å². The van der Waals surface area contributed by atoms with Crippen molar-refractivity contribution in [1.29, 1.82) is 0 Å². The first-order valence-electron chi connectivity index (χ1n) is 14.3. The third-order valence-electron chi connectivity index (χ3n) is 10.7. The highest BCUT2D eigenvalue weighted by molar-refractivity contribution is 5.44. The number of hydrogen-bond acceptors (Lipinski definition) is 4. The molecule has 2 aromatic carbocycles. The third kappa shape index (κ3) is 4.15. The molecule has 6 atom stereocenters. The zero-order chi connectivity index (χ0) is 24.9. The van der Waals surface area contributed by atoms with Gasteiger partial charge in [0.15, 0.2) is 0 Å². The zero-order valence-electron chi connectivity index (χ0n) is 22.1. The van der Waals surface area contributed by atoms with Crippen LogP contribution in [0.15, 0.2) is 42.5 Å². The Morgan fingerprint density at radius 3 is 2.56 bits per heavy atom. The fourth-order valence-corrected chi connectivity index (χ4v) is 8.53. The quantitative estimate of drug-likeness (QED) is 0.521. The van der Waals surface area contributed by atoms with Crippen LogP contribution < -0.4 is 4.74 Å². The van der Waals surface area contributed by atoms with E-state index < -0.39 is 5.60 Å². The number of benzene rings is 2. The average molecular weight is 490 g/mol. The highest BCUT2D eigenvalue weighted by Crippen LogP contribution is 2.67. The number of ether oxygens (including phenoxy) is 1. The van der Waals surface area contributed by atoms with Gasteiger partial charge in [-0.2, -0.15) is 0 Å². The van der Waals surface area contributed by atoms with Crippen LogP contribution in [0.1, 0.15) is 87.3 Å². The number of aryl methyl sites for hydroxylation is 1. The number of piperidine rings is 1. The molecule has 1 saturated heterocycles. The van der Waals surface area contributed by atoms with Crippen LogP contribution in [-0.2, 0) is 6.42 Å². The van der Waals surface area contributed by atoms with E-state index in [4.69, 9.17) is 4.74 Å². The lowest BCUT2D eigenvalue weighted by Crippen LogP contribution is -2.51. The lowest BCUT2D eigenvalue weighted by Gasteiger charge is -2.56. The van der Waals surface area contributed by atoms with Gasteiger partial charge in [-0.25, -0.2) is 0 Å². The van der Waals surface area contributed by atoms with Crippen molar-refractivity contribution >= 4 is 0 Å². The molecule has 0 aromatic heterocycles. The van der Waals surface area contributed by atoms with Gasteiger partial charge in [-0.1, -0.05) is 31.5 Å². The van der Waals surface area contributed by atoms with Gasteiger partial charge in [0.1, 0.15) is 18.1 Å². The van der Waals surface area contributed by atoms with E-state index in [0.717, 1.165) is 51.0 Å². The van der Waals surface area contributed by atoms with Crippen molar-refractivity contribution in [2.75, 3.05) is 26.2 Å². The lowest BCUT2D eigenvalue weighted by molar-refractivity contribution is -0.0963. The second kappa shape index (κ2) is 9.36. The number of nitrogens with zero attached hydrogens (tertiary/aromatic N) is 1. The molecular weight excluding hydrogens is 446 g/mol. The zero-order valence-corrected chi connectivity index (χ0v) is 22.1. The predicted octanol–water partition coefficient (Wildman–Crippen LogP) is 6.26. The highest BCUT2D eigenvalue weighted by atomic mass is 16.5. The first-order chi connectivity index (χ1) is 17.4. The van der Waals surface area contributed by atoms with Crippen molar-refractivity contribution in [2.45, 2.75) is 82.7 Å². The molecule has 1 heterocycles. The van der Waals surface area contributed by atoms with Gasteiger partial charge < -0.3 is 14.9 Å². The second-order valence-electron chi connectivity index (χ2n) is 12.6. The van der Waals surface area contributed by atoms with Gasteiger partial charge in [-0.3, -0.25) is 4.90 Å². The predicted molar refractivity (Wildman–Crippen MR) is 144 cm³/mol. The molecule has 4 aliphatic rings. The molecule has 4 heteroatoms. The molecule has 36 heavy (non-hydrogen) atoms. The maximum Gasteiger partial charge on any atom is 0.119 e. The van der Waals surface area contributed by atoms with E-state index in [2.05, 4.69) is 49.1 Å². The standard InChI is InChI=1S/C32H43NO3/c1-31-21-28(22-6-10-25(11-7-22)36-19-18-33-16-4-3-5-17-33)30-26-13-9-24(34)20-23(26)8-12-27(30)29(31)14-15-32(31,2)35/h6-7,9-11,13,20,27-30,34-35H,3-5,8,12,14-19,21H2,1-2H3/t27-,28+,29-,30+,31-,32-/m0/s1. The average Bonchev–Trinajstić information content (AvgIpc) is 3.12. The maximum atomic E-state index is 11.5. The molecule has 2 N–H and O–H groups in total. The molecule has 2 saturated carbocycles. The van der Waals surface area contributed by atoms with E-state index in [0.29, 0.717) is 29.4 Å². The summed E-state index contributed by atoms with van der Waals surface area (Å²) in [5, 5.41) is 21.7. The smallest absolute Gasteiger partial charge is 0.119 e. The molecule has 6 rings (SSSR count). The summed E-state index contributed by atoms with van der Waals surface area (Å²) in [5.41, 5.74) is 3.40. The summed E-state index contributed by atoms with van der Waals surface area (Å²) < 4.78 is 6.14. The largest absolute Gasteiger partial charge is 0.508 e. The van der Waals surface area contributed by atoms with Gasteiger partial charge in [0.25, 0.3) is 0 Å². The fourth-order valence-electron chi connectivity index (χ4n) is 8.53. The second-order valence-corrected chi connectivity index (χ2v) is 12.6. The number of aromatic hydroxyl groups is 1. The van der Waals surface area contributed by atoms with Crippen molar-refractivity contribution < 1.29 is 14.9 Å². The van der Waals surface area contributed by atoms with Gasteiger partial charge >= 0.3 is 0 Å². The van der Waals surface area contributed by atoms with Crippen LogP contribution in [0.5, 0.6) is 11.5 Å².